The normalized spacial score (nSPS) is 10.2. The number of nitro groups is 1. The van der Waals surface area contributed by atoms with Crippen molar-refractivity contribution in [3.05, 3.63) is 33.3 Å². The second kappa shape index (κ2) is 9.54. The molecule has 0 aliphatic rings. The molecule has 120 valence electrons. The zero-order valence-electron chi connectivity index (χ0n) is 11.3. The highest BCUT2D eigenvalue weighted by atomic mass is 35.5. The van der Waals surface area contributed by atoms with Gasteiger partial charge in [-0.2, -0.15) is 0 Å². The second-order valence-electron chi connectivity index (χ2n) is 3.95. The molecule has 0 aliphatic heterocycles. The third kappa shape index (κ3) is 7.01. The Balaban J connectivity index is 2.38. The maximum Gasteiger partial charge on any atom is 0.313 e. The summed E-state index contributed by atoms with van der Waals surface area (Å²) in [5.74, 6) is -0.663. The lowest BCUT2D eigenvalue weighted by Gasteiger charge is -2.05. The van der Waals surface area contributed by atoms with Crippen LogP contribution in [0.4, 0.5) is 5.69 Å². The van der Waals surface area contributed by atoms with Crippen molar-refractivity contribution < 1.29 is 19.6 Å². The summed E-state index contributed by atoms with van der Waals surface area (Å²) in [5.41, 5.74) is -0.137. The monoisotopic (exact) mass is 364 g/mol. The van der Waals surface area contributed by atoms with Gasteiger partial charge in [-0.3, -0.25) is 19.7 Å². The van der Waals surface area contributed by atoms with Crippen molar-refractivity contribution in [2.75, 3.05) is 23.8 Å². The predicted molar refractivity (Wildman–Crippen MR) is 86.8 cm³/mol. The first-order valence-corrected chi connectivity index (χ1v) is 8.55. The molecule has 22 heavy (non-hydrogen) atoms. The minimum atomic E-state index is -0.901. The van der Waals surface area contributed by atoms with E-state index in [0.29, 0.717) is 17.2 Å². The number of hydrogen-bond donors (Lipinski definition) is 2. The van der Waals surface area contributed by atoms with Gasteiger partial charge in [0.05, 0.1) is 21.3 Å². The number of carbonyl (C=O) groups is 2. The molecule has 0 atom stereocenters. The van der Waals surface area contributed by atoms with Crippen LogP contribution in [0.3, 0.4) is 0 Å². The summed E-state index contributed by atoms with van der Waals surface area (Å²) in [6.07, 6.45) is 0. The lowest BCUT2D eigenvalue weighted by Crippen LogP contribution is -2.27. The summed E-state index contributed by atoms with van der Waals surface area (Å²) in [5, 5.41) is 22.2. The highest BCUT2D eigenvalue weighted by Crippen LogP contribution is 2.31. The van der Waals surface area contributed by atoms with Gasteiger partial charge in [0.1, 0.15) is 0 Å². The van der Waals surface area contributed by atoms with E-state index in [4.69, 9.17) is 16.7 Å². The standard InChI is InChI=1S/C12H13ClN2O5S2/c13-8-1-2-10(9(5-8)15(19)20)22-6-11(16)14-3-4-21-7-12(17)18/h1-2,5H,3-4,6-7H2,(H,14,16)(H,17,18). The first-order chi connectivity index (χ1) is 10.4. The number of benzene rings is 1. The van der Waals surface area contributed by atoms with Crippen molar-refractivity contribution in [1.82, 2.24) is 5.32 Å². The molecule has 1 amide bonds. The van der Waals surface area contributed by atoms with E-state index in [9.17, 15) is 19.7 Å². The van der Waals surface area contributed by atoms with Crippen LogP contribution < -0.4 is 5.32 Å². The summed E-state index contributed by atoms with van der Waals surface area (Å²) in [6, 6.07) is 4.27. The molecule has 0 saturated carbocycles. The maximum absolute atomic E-state index is 11.6. The lowest BCUT2D eigenvalue weighted by atomic mass is 10.3. The van der Waals surface area contributed by atoms with Gasteiger partial charge >= 0.3 is 5.97 Å². The molecule has 0 heterocycles. The van der Waals surface area contributed by atoms with Crippen LogP contribution in [0.2, 0.25) is 5.02 Å². The molecule has 7 nitrogen and oxygen atoms in total. The summed E-state index contributed by atoms with van der Waals surface area (Å²) in [4.78, 5) is 32.6. The van der Waals surface area contributed by atoms with Crippen LogP contribution in [0.5, 0.6) is 0 Å². The van der Waals surface area contributed by atoms with Crippen molar-refractivity contribution in [2.24, 2.45) is 0 Å². The van der Waals surface area contributed by atoms with Crippen LogP contribution >= 0.6 is 35.1 Å². The zero-order chi connectivity index (χ0) is 16.5. The van der Waals surface area contributed by atoms with Crippen LogP contribution in [0.15, 0.2) is 23.1 Å². The first kappa shape index (κ1) is 18.6. The van der Waals surface area contributed by atoms with Crippen LogP contribution in [0, 0.1) is 10.1 Å². The Morgan fingerprint density at radius 2 is 2.09 bits per heavy atom. The Labute approximate surface area is 139 Å². The third-order valence-corrected chi connectivity index (χ3v) is 4.51. The Bertz CT molecular complexity index is 570. The molecule has 0 fully saturated rings. The molecule has 0 radical (unpaired) electrons. The van der Waals surface area contributed by atoms with Crippen LogP contribution in [-0.4, -0.2) is 45.7 Å². The number of nitro benzene ring substituents is 1. The molecule has 10 heteroatoms. The van der Waals surface area contributed by atoms with E-state index in [-0.39, 0.29) is 28.1 Å². The second-order valence-corrected chi connectivity index (χ2v) is 6.51. The molecule has 1 aromatic rings. The summed E-state index contributed by atoms with van der Waals surface area (Å²) < 4.78 is 0. The largest absolute Gasteiger partial charge is 0.481 e. The lowest BCUT2D eigenvalue weighted by molar-refractivity contribution is -0.387. The SMILES string of the molecule is O=C(O)CSCCNC(=O)CSc1ccc(Cl)cc1[N+](=O)[O-]. The van der Waals surface area contributed by atoms with Gasteiger partial charge in [-0.1, -0.05) is 11.6 Å². The van der Waals surface area contributed by atoms with Crippen LogP contribution in [-0.2, 0) is 9.59 Å². The van der Waals surface area contributed by atoms with Crippen molar-refractivity contribution in [3.8, 4) is 0 Å². The third-order valence-electron chi connectivity index (χ3n) is 2.27. The quantitative estimate of drug-likeness (QED) is 0.299. The van der Waals surface area contributed by atoms with Crippen LogP contribution in [0.1, 0.15) is 0 Å². The van der Waals surface area contributed by atoms with E-state index in [1.54, 1.807) is 0 Å². The van der Waals surface area contributed by atoms with Crippen molar-refractivity contribution in [2.45, 2.75) is 4.90 Å². The van der Waals surface area contributed by atoms with Gasteiger partial charge in [-0.05, 0) is 12.1 Å². The number of carboxylic acid groups (broad SMARTS) is 1. The molecule has 0 unspecified atom stereocenters. The molecule has 0 saturated heterocycles. The van der Waals surface area contributed by atoms with Gasteiger partial charge in [0.15, 0.2) is 0 Å². The van der Waals surface area contributed by atoms with Crippen LogP contribution in [0.25, 0.3) is 0 Å². The average Bonchev–Trinajstić information content (AvgIpc) is 2.45. The average molecular weight is 365 g/mol. The topological polar surface area (TPSA) is 110 Å². The van der Waals surface area contributed by atoms with Crippen molar-refractivity contribution >= 4 is 52.7 Å². The number of nitrogens with one attached hydrogen (secondary N) is 1. The molecule has 0 aliphatic carbocycles. The number of nitrogens with zero attached hydrogens (tertiary/aromatic N) is 1. The minimum Gasteiger partial charge on any atom is -0.481 e. The smallest absolute Gasteiger partial charge is 0.313 e. The van der Waals surface area contributed by atoms with Crippen molar-refractivity contribution in [3.63, 3.8) is 0 Å². The van der Waals surface area contributed by atoms with E-state index in [1.807, 2.05) is 0 Å². The fourth-order valence-electron chi connectivity index (χ4n) is 1.37. The maximum atomic E-state index is 11.6. The van der Waals surface area contributed by atoms with Gasteiger partial charge in [-0.25, -0.2) is 0 Å². The van der Waals surface area contributed by atoms with E-state index >= 15 is 0 Å². The van der Waals surface area contributed by atoms with Gasteiger partial charge < -0.3 is 10.4 Å². The molecule has 1 rings (SSSR count). The summed E-state index contributed by atoms with van der Waals surface area (Å²) >= 11 is 7.96. The van der Waals surface area contributed by atoms with E-state index in [1.165, 1.54) is 30.0 Å². The molecule has 1 aromatic carbocycles. The number of thioether (sulfide) groups is 2. The zero-order valence-corrected chi connectivity index (χ0v) is 13.7. The number of carbonyl (C=O) groups excluding carboxylic acids is 1. The number of amides is 1. The Kier molecular flexibility index (Phi) is 8.07. The number of halogens is 1. The van der Waals surface area contributed by atoms with Gasteiger partial charge in [0, 0.05) is 23.4 Å². The Morgan fingerprint density at radius 1 is 1.36 bits per heavy atom. The van der Waals surface area contributed by atoms with Gasteiger partial charge in [0.2, 0.25) is 5.91 Å². The molecular formula is C12H13ClN2O5S2. The molecule has 0 spiro atoms. The Hall–Kier alpha value is -1.45. The van der Waals surface area contributed by atoms with Gasteiger partial charge in [-0.15, -0.1) is 23.5 Å². The summed E-state index contributed by atoms with van der Waals surface area (Å²) in [7, 11) is 0. The number of hydrogen-bond acceptors (Lipinski definition) is 6. The van der Waals surface area contributed by atoms with E-state index < -0.39 is 10.9 Å². The molecule has 0 aromatic heterocycles. The number of rotatable bonds is 9. The number of carboxylic acids is 1. The first-order valence-electron chi connectivity index (χ1n) is 6.03. The fraction of sp³-hybridized carbons (Fsp3) is 0.333. The molecule has 0 bridgehead atoms. The molecule has 2 N–H and O–H groups in total. The molecular weight excluding hydrogens is 352 g/mol. The minimum absolute atomic E-state index is 0.0123. The van der Waals surface area contributed by atoms with Crippen molar-refractivity contribution in [1.29, 1.82) is 0 Å². The Morgan fingerprint density at radius 3 is 2.73 bits per heavy atom. The van der Waals surface area contributed by atoms with E-state index in [0.717, 1.165) is 11.8 Å². The summed E-state index contributed by atoms with van der Waals surface area (Å²) in [6.45, 7) is 0.347. The highest BCUT2D eigenvalue weighted by molar-refractivity contribution is 8.00. The highest BCUT2D eigenvalue weighted by Gasteiger charge is 2.15. The number of aliphatic carboxylic acids is 1. The van der Waals surface area contributed by atoms with E-state index in [2.05, 4.69) is 5.32 Å². The predicted octanol–water partition coefficient (Wildman–Crippen LogP) is 2.27. The van der Waals surface area contributed by atoms with Gasteiger partial charge in [0.25, 0.3) is 5.69 Å². The fourth-order valence-corrected chi connectivity index (χ4v) is 2.94.